The lowest BCUT2D eigenvalue weighted by atomic mass is 9.82. The van der Waals surface area contributed by atoms with E-state index in [1.54, 1.807) is 0 Å². The van der Waals surface area contributed by atoms with Crippen LogP contribution in [0.2, 0.25) is 19.6 Å². The van der Waals surface area contributed by atoms with E-state index in [-0.39, 0.29) is 0 Å². The summed E-state index contributed by atoms with van der Waals surface area (Å²) in [6.07, 6.45) is 8.67. The first-order valence-corrected chi connectivity index (χ1v) is 12.5. The number of nitriles is 1. The van der Waals surface area contributed by atoms with E-state index in [4.69, 9.17) is 10.2 Å². The number of benzene rings is 1. The van der Waals surface area contributed by atoms with Gasteiger partial charge in [0.2, 0.25) is 0 Å². The molecule has 1 saturated carbocycles. The zero-order chi connectivity index (χ0) is 17.2. The summed E-state index contributed by atoms with van der Waals surface area (Å²) in [4.78, 5) is 4.90. The molecule has 0 spiro atoms. The van der Waals surface area contributed by atoms with Gasteiger partial charge < -0.3 is 0 Å². The second-order valence-corrected chi connectivity index (χ2v) is 13.0. The van der Waals surface area contributed by atoms with E-state index in [2.05, 4.69) is 38.0 Å². The van der Waals surface area contributed by atoms with Crippen LogP contribution in [0.5, 0.6) is 0 Å². The van der Waals surface area contributed by atoms with E-state index in [0.29, 0.717) is 11.5 Å². The van der Waals surface area contributed by atoms with E-state index in [9.17, 15) is 0 Å². The monoisotopic (exact) mass is 334 g/mol. The SMILES string of the molecule is C[Si](C)(C)c1cnc(-c2ccc(C#N)cc2)c(C2CCCCC2)c1. The smallest absolute Gasteiger partial charge is 0.0991 e. The van der Waals surface area contributed by atoms with Gasteiger partial charge in [-0.2, -0.15) is 5.26 Å². The lowest BCUT2D eigenvalue weighted by molar-refractivity contribution is 0.444. The molecule has 1 aromatic carbocycles. The van der Waals surface area contributed by atoms with E-state index in [1.165, 1.54) is 42.9 Å². The molecule has 2 aromatic rings. The highest BCUT2D eigenvalue weighted by atomic mass is 28.3. The van der Waals surface area contributed by atoms with Gasteiger partial charge in [-0.1, -0.05) is 57.1 Å². The molecular formula is C21H26N2Si. The van der Waals surface area contributed by atoms with Crippen molar-refractivity contribution in [2.75, 3.05) is 0 Å². The third-order valence-electron chi connectivity index (χ3n) is 5.12. The van der Waals surface area contributed by atoms with Crippen LogP contribution in [0.15, 0.2) is 36.5 Å². The van der Waals surface area contributed by atoms with Gasteiger partial charge in [-0.15, -0.1) is 0 Å². The van der Waals surface area contributed by atoms with Crippen LogP contribution in [0.3, 0.4) is 0 Å². The highest BCUT2D eigenvalue weighted by Gasteiger charge is 2.24. The largest absolute Gasteiger partial charge is 0.256 e. The summed E-state index contributed by atoms with van der Waals surface area (Å²) in [5.74, 6) is 0.633. The molecule has 0 saturated heterocycles. The van der Waals surface area contributed by atoms with Gasteiger partial charge in [-0.25, -0.2) is 0 Å². The first-order chi connectivity index (χ1) is 11.5. The molecule has 24 heavy (non-hydrogen) atoms. The van der Waals surface area contributed by atoms with E-state index in [1.807, 2.05) is 24.3 Å². The Bertz CT molecular complexity index is 745. The molecule has 3 heteroatoms. The quantitative estimate of drug-likeness (QED) is 0.722. The molecule has 124 valence electrons. The van der Waals surface area contributed by atoms with Crippen molar-refractivity contribution in [3.05, 3.63) is 47.7 Å². The van der Waals surface area contributed by atoms with Crippen LogP contribution in [-0.2, 0) is 0 Å². The Morgan fingerprint density at radius 2 is 1.71 bits per heavy atom. The molecule has 0 aliphatic heterocycles. The van der Waals surface area contributed by atoms with Gasteiger partial charge in [0.25, 0.3) is 0 Å². The van der Waals surface area contributed by atoms with Crippen LogP contribution in [0.25, 0.3) is 11.3 Å². The average Bonchev–Trinajstić information content (AvgIpc) is 2.61. The molecule has 1 fully saturated rings. The second kappa shape index (κ2) is 6.90. The number of rotatable bonds is 3. The maximum atomic E-state index is 9.02. The third kappa shape index (κ3) is 3.60. The summed E-state index contributed by atoms with van der Waals surface area (Å²) < 4.78 is 0. The predicted molar refractivity (Wildman–Crippen MR) is 103 cm³/mol. The van der Waals surface area contributed by atoms with Crippen molar-refractivity contribution in [1.82, 2.24) is 4.98 Å². The first kappa shape index (κ1) is 16.9. The summed E-state index contributed by atoms with van der Waals surface area (Å²) in [7, 11) is -1.37. The van der Waals surface area contributed by atoms with Gasteiger partial charge in [0, 0.05) is 11.8 Å². The van der Waals surface area contributed by atoms with Crippen molar-refractivity contribution in [2.45, 2.75) is 57.7 Å². The van der Waals surface area contributed by atoms with Crippen molar-refractivity contribution in [2.24, 2.45) is 0 Å². The minimum absolute atomic E-state index is 0.633. The molecule has 0 atom stereocenters. The topological polar surface area (TPSA) is 36.7 Å². The highest BCUT2D eigenvalue weighted by molar-refractivity contribution is 6.88. The maximum Gasteiger partial charge on any atom is 0.0991 e. The van der Waals surface area contributed by atoms with Crippen LogP contribution >= 0.6 is 0 Å². The molecule has 3 rings (SSSR count). The zero-order valence-corrected chi connectivity index (χ0v) is 16.0. The minimum atomic E-state index is -1.37. The normalized spacial score (nSPS) is 15.9. The zero-order valence-electron chi connectivity index (χ0n) is 15.0. The summed E-state index contributed by atoms with van der Waals surface area (Å²) >= 11 is 0. The average molecular weight is 335 g/mol. The van der Waals surface area contributed by atoms with Gasteiger partial charge in [0.1, 0.15) is 0 Å². The molecule has 0 unspecified atom stereocenters. The van der Waals surface area contributed by atoms with E-state index < -0.39 is 8.07 Å². The first-order valence-electron chi connectivity index (χ1n) is 9.00. The number of hydrogen-bond acceptors (Lipinski definition) is 2. The van der Waals surface area contributed by atoms with Gasteiger partial charge in [-0.05, 0) is 41.6 Å². The molecule has 1 aliphatic rings. The summed E-state index contributed by atoms with van der Waals surface area (Å²) in [6, 6.07) is 12.5. The van der Waals surface area contributed by atoms with Crippen molar-refractivity contribution >= 4 is 13.3 Å². The van der Waals surface area contributed by atoms with Crippen LogP contribution in [-0.4, -0.2) is 13.1 Å². The fraction of sp³-hybridized carbons (Fsp3) is 0.429. The molecule has 2 nitrogen and oxygen atoms in total. The molecule has 0 amide bonds. The van der Waals surface area contributed by atoms with Crippen molar-refractivity contribution in [3.63, 3.8) is 0 Å². The Hall–Kier alpha value is -1.92. The number of nitrogens with zero attached hydrogens (tertiary/aromatic N) is 2. The molecule has 1 aliphatic carbocycles. The molecule has 1 heterocycles. The van der Waals surface area contributed by atoms with Crippen LogP contribution < -0.4 is 5.19 Å². The Morgan fingerprint density at radius 1 is 1.04 bits per heavy atom. The molecule has 0 bridgehead atoms. The predicted octanol–water partition coefficient (Wildman–Crippen LogP) is 5.21. The number of hydrogen-bond donors (Lipinski definition) is 0. The maximum absolute atomic E-state index is 9.02. The van der Waals surface area contributed by atoms with Crippen molar-refractivity contribution in [1.29, 1.82) is 5.26 Å². The lowest BCUT2D eigenvalue weighted by Crippen LogP contribution is -2.38. The lowest BCUT2D eigenvalue weighted by Gasteiger charge is -2.26. The van der Waals surface area contributed by atoms with Gasteiger partial charge in [0.15, 0.2) is 0 Å². The van der Waals surface area contributed by atoms with Gasteiger partial charge >= 0.3 is 0 Å². The number of aromatic nitrogens is 1. The molecule has 0 radical (unpaired) electrons. The van der Waals surface area contributed by atoms with Gasteiger partial charge in [0.05, 0.1) is 25.4 Å². The Balaban J connectivity index is 2.08. The van der Waals surface area contributed by atoms with Crippen molar-refractivity contribution in [3.8, 4) is 17.3 Å². The summed E-state index contributed by atoms with van der Waals surface area (Å²) in [5, 5.41) is 10.5. The summed E-state index contributed by atoms with van der Waals surface area (Å²) in [5.41, 5.74) is 4.39. The third-order valence-corrected chi connectivity index (χ3v) is 7.12. The van der Waals surface area contributed by atoms with Gasteiger partial charge in [-0.3, -0.25) is 4.98 Å². The summed E-state index contributed by atoms with van der Waals surface area (Å²) in [6.45, 7) is 7.15. The Labute approximate surface area is 146 Å². The Morgan fingerprint density at radius 3 is 2.29 bits per heavy atom. The molecule has 0 N–H and O–H groups in total. The molecular weight excluding hydrogens is 308 g/mol. The molecule has 1 aromatic heterocycles. The van der Waals surface area contributed by atoms with Crippen LogP contribution in [0.1, 0.15) is 49.1 Å². The van der Waals surface area contributed by atoms with Crippen LogP contribution in [0, 0.1) is 11.3 Å². The van der Waals surface area contributed by atoms with E-state index in [0.717, 1.165) is 11.3 Å². The Kier molecular flexibility index (Phi) is 4.87. The second-order valence-electron chi connectivity index (χ2n) is 7.94. The fourth-order valence-corrected chi connectivity index (χ4v) is 4.60. The van der Waals surface area contributed by atoms with Crippen molar-refractivity contribution < 1.29 is 0 Å². The van der Waals surface area contributed by atoms with Crippen LogP contribution in [0.4, 0.5) is 0 Å². The minimum Gasteiger partial charge on any atom is -0.256 e. The fourth-order valence-electron chi connectivity index (χ4n) is 3.56. The standard InChI is InChI=1S/C21H26N2Si/c1-24(2,3)19-13-20(17-7-5-4-6-8-17)21(23-15-19)18-11-9-16(14-22)10-12-18/h9-13,15,17H,4-8H2,1-3H3. The van der Waals surface area contributed by atoms with E-state index >= 15 is 0 Å². The highest BCUT2D eigenvalue weighted by Crippen LogP contribution is 2.37. The number of pyridine rings is 1.